The van der Waals surface area contributed by atoms with Crippen LogP contribution in [0.3, 0.4) is 0 Å². The highest BCUT2D eigenvalue weighted by molar-refractivity contribution is 5.90. The van der Waals surface area contributed by atoms with Gasteiger partial charge in [0.2, 0.25) is 5.91 Å². The van der Waals surface area contributed by atoms with Gasteiger partial charge in [-0.05, 0) is 44.7 Å². The van der Waals surface area contributed by atoms with Crippen molar-refractivity contribution >= 4 is 23.6 Å². The second-order valence-electron chi connectivity index (χ2n) is 7.53. The average Bonchev–Trinajstić information content (AvgIpc) is 2.68. The van der Waals surface area contributed by atoms with Gasteiger partial charge in [0.1, 0.15) is 0 Å². The Labute approximate surface area is 159 Å². The highest BCUT2D eigenvalue weighted by Gasteiger charge is 2.37. The summed E-state index contributed by atoms with van der Waals surface area (Å²) in [6.45, 7) is 3.23. The number of para-hydroxylation sites is 1. The molecule has 7 nitrogen and oxygen atoms in total. The molecule has 2 saturated heterocycles. The number of aliphatic carboxylic acids is 1. The number of carbonyl (C=O) groups excluding carboxylic acids is 2. The summed E-state index contributed by atoms with van der Waals surface area (Å²) in [6, 6.07) is 9.09. The first-order chi connectivity index (χ1) is 13.0. The molecule has 2 aliphatic rings. The van der Waals surface area contributed by atoms with Crippen LogP contribution in [0.15, 0.2) is 30.3 Å². The minimum Gasteiger partial charge on any atom is -0.481 e. The van der Waals surface area contributed by atoms with E-state index in [4.69, 9.17) is 0 Å². The molecule has 0 bridgehead atoms. The topological polar surface area (TPSA) is 90.0 Å². The van der Waals surface area contributed by atoms with Gasteiger partial charge in [0, 0.05) is 31.4 Å². The average molecular weight is 373 g/mol. The second kappa shape index (κ2) is 8.41. The molecule has 2 N–H and O–H groups in total. The third-order valence-corrected chi connectivity index (χ3v) is 5.60. The number of carbonyl (C=O) groups is 3. The maximum absolute atomic E-state index is 13.0. The van der Waals surface area contributed by atoms with Crippen molar-refractivity contribution in [2.75, 3.05) is 25.0 Å². The maximum Gasteiger partial charge on any atom is 0.321 e. The number of likely N-dealkylation sites (tertiary alicyclic amines) is 2. The summed E-state index contributed by atoms with van der Waals surface area (Å²) in [6.07, 6.45) is 2.81. The Balaban J connectivity index is 1.62. The lowest BCUT2D eigenvalue weighted by molar-refractivity contribution is -0.149. The Morgan fingerprint density at radius 1 is 1.04 bits per heavy atom. The van der Waals surface area contributed by atoms with Crippen molar-refractivity contribution < 1.29 is 19.5 Å². The lowest BCUT2D eigenvalue weighted by Gasteiger charge is -2.40. The summed E-state index contributed by atoms with van der Waals surface area (Å²) in [5.41, 5.74) is 0.727. The minimum atomic E-state index is -0.841. The van der Waals surface area contributed by atoms with Crippen molar-refractivity contribution in [3.05, 3.63) is 30.3 Å². The SMILES string of the molecule is CC1CCC(C(=O)O)CN1C(=O)C1CCCN(C(=O)Nc2ccccc2)C1. The van der Waals surface area contributed by atoms with Gasteiger partial charge in [0.05, 0.1) is 11.8 Å². The summed E-state index contributed by atoms with van der Waals surface area (Å²) in [5.74, 6) is -1.63. The molecule has 7 heteroatoms. The number of urea groups is 1. The molecule has 0 radical (unpaired) electrons. The van der Waals surface area contributed by atoms with E-state index < -0.39 is 11.9 Å². The maximum atomic E-state index is 13.0. The first kappa shape index (κ1) is 19.2. The van der Waals surface area contributed by atoms with Crippen LogP contribution in [0.25, 0.3) is 0 Å². The highest BCUT2D eigenvalue weighted by Crippen LogP contribution is 2.27. The zero-order valence-corrected chi connectivity index (χ0v) is 15.6. The van der Waals surface area contributed by atoms with Gasteiger partial charge < -0.3 is 20.2 Å². The lowest BCUT2D eigenvalue weighted by Crippen LogP contribution is -2.53. The molecule has 0 saturated carbocycles. The molecule has 0 aliphatic carbocycles. The number of amides is 3. The summed E-state index contributed by atoms with van der Waals surface area (Å²) in [5, 5.41) is 12.2. The third kappa shape index (κ3) is 4.59. The molecule has 3 amide bonds. The van der Waals surface area contributed by atoms with Gasteiger partial charge in [0.15, 0.2) is 0 Å². The van der Waals surface area contributed by atoms with Gasteiger partial charge in [-0.3, -0.25) is 9.59 Å². The van der Waals surface area contributed by atoms with Gasteiger partial charge in [-0.2, -0.15) is 0 Å². The van der Waals surface area contributed by atoms with E-state index in [1.165, 1.54) is 0 Å². The van der Waals surface area contributed by atoms with E-state index in [9.17, 15) is 19.5 Å². The zero-order valence-electron chi connectivity index (χ0n) is 15.6. The molecule has 3 unspecified atom stereocenters. The Morgan fingerprint density at radius 2 is 1.78 bits per heavy atom. The van der Waals surface area contributed by atoms with Crippen LogP contribution in [0.1, 0.15) is 32.6 Å². The third-order valence-electron chi connectivity index (χ3n) is 5.60. The van der Waals surface area contributed by atoms with Gasteiger partial charge in [0.25, 0.3) is 0 Å². The lowest BCUT2D eigenvalue weighted by atomic mass is 9.90. The van der Waals surface area contributed by atoms with Crippen LogP contribution in [0, 0.1) is 11.8 Å². The Kier molecular flexibility index (Phi) is 5.98. The number of nitrogens with zero attached hydrogens (tertiary/aromatic N) is 2. The molecule has 146 valence electrons. The summed E-state index contributed by atoms with van der Waals surface area (Å²) < 4.78 is 0. The molecule has 27 heavy (non-hydrogen) atoms. The monoisotopic (exact) mass is 373 g/mol. The molecule has 2 aliphatic heterocycles. The molecule has 2 fully saturated rings. The fourth-order valence-corrected chi connectivity index (χ4v) is 3.94. The van der Waals surface area contributed by atoms with Crippen molar-refractivity contribution in [2.24, 2.45) is 11.8 Å². The molecule has 0 aromatic heterocycles. The number of hydrogen-bond donors (Lipinski definition) is 2. The fraction of sp³-hybridized carbons (Fsp3) is 0.550. The van der Waals surface area contributed by atoms with Crippen LogP contribution in [-0.2, 0) is 9.59 Å². The normalized spacial score (nSPS) is 25.7. The number of rotatable bonds is 3. The van der Waals surface area contributed by atoms with Crippen LogP contribution >= 0.6 is 0 Å². The van der Waals surface area contributed by atoms with E-state index >= 15 is 0 Å². The molecule has 3 atom stereocenters. The Morgan fingerprint density at radius 3 is 2.48 bits per heavy atom. The summed E-state index contributed by atoms with van der Waals surface area (Å²) >= 11 is 0. The Hall–Kier alpha value is -2.57. The molecule has 1 aromatic rings. The largest absolute Gasteiger partial charge is 0.481 e. The van der Waals surface area contributed by atoms with Crippen LogP contribution in [0.4, 0.5) is 10.5 Å². The predicted molar refractivity (Wildman–Crippen MR) is 101 cm³/mol. The van der Waals surface area contributed by atoms with Crippen molar-refractivity contribution in [2.45, 2.75) is 38.6 Å². The van der Waals surface area contributed by atoms with E-state index in [2.05, 4.69) is 5.32 Å². The molecule has 1 aromatic carbocycles. The van der Waals surface area contributed by atoms with E-state index in [-0.39, 0.29) is 30.4 Å². The van der Waals surface area contributed by atoms with Gasteiger partial charge in [-0.1, -0.05) is 18.2 Å². The van der Waals surface area contributed by atoms with E-state index in [1.54, 1.807) is 9.80 Å². The number of anilines is 1. The zero-order chi connectivity index (χ0) is 19.4. The predicted octanol–water partition coefficient (Wildman–Crippen LogP) is 2.64. The number of carboxylic acids is 1. The van der Waals surface area contributed by atoms with E-state index in [1.807, 2.05) is 37.3 Å². The van der Waals surface area contributed by atoms with Crippen LogP contribution in [0.2, 0.25) is 0 Å². The number of nitrogens with one attached hydrogen (secondary N) is 1. The smallest absolute Gasteiger partial charge is 0.321 e. The van der Waals surface area contributed by atoms with Gasteiger partial charge in [-0.15, -0.1) is 0 Å². The van der Waals surface area contributed by atoms with Crippen molar-refractivity contribution in [3.8, 4) is 0 Å². The van der Waals surface area contributed by atoms with Crippen molar-refractivity contribution in [3.63, 3.8) is 0 Å². The number of piperidine rings is 2. The number of hydrogen-bond acceptors (Lipinski definition) is 3. The summed E-state index contributed by atoms with van der Waals surface area (Å²) in [7, 11) is 0. The second-order valence-corrected chi connectivity index (χ2v) is 7.53. The van der Waals surface area contributed by atoms with Crippen molar-refractivity contribution in [1.82, 2.24) is 9.80 Å². The molecule has 3 rings (SSSR count). The molecule has 2 heterocycles. The minimum absolute atomic E-state index is 0.0225. The van der Waals surface area contributed by atoms with Gasteiger partial charge in [-0.25, -0.2) is 4.79 Å². The Bertz CT molecular complexity index is 694. The molecular weight excluding hydrogens is 346 g/mol. The number of carboxylic acid groups (broad SMARTS) is 1. The van der Waals surface area contributed by atoms with Crippen LogP contribution in [-0.4, -0.2) is 58.5 Å². The summed E-state index contributed by atoms with van der Waals surface area (Å²) in [4.78, 5) is 40.3. The quantitative estimate of drug-likeness (QED) is 0.852. The number of benzene rings is 1. The van der Waals surface area contributed by atoms with Crippen LogP contribution < -0.4 is 5.32 Å². The first-order valence-corrected chi connectivity index (χ1v) is 9.60. The fourth-order valence-electron chi connectivity index (χ4n) is 3.94. The van der Waals surface area contributed by atoms with E-state index in [0.29, 0.717) is 25.9 Å². The van der Waals surface area contributed by atoms with Crippen LogP contribution in [0.5, 0.6) is 0 Å². The van der Waals surface area contributed by atoms with Crippen molar-refractivity contribution in [1.29, 1.82) is 0 Å². The van der Waals surface area contributed by atoms with Gasteiger partial charge >= 0.3 is 12.0 Å². The highest BCUT2D eigenvalue weighted by atomic mass is 16.4. The molecular formula is C20H27N3O4. The molecule has 0 spiro atoms. The first-order valence-electron chi connectivity index (χ1n) is 9.60. The van der Waals surface area contributed by atoms with E-state index in [0.717, 1.165) is 18.5 Å². The standard InChI is InChI=1S/C20H27N3O4/c1-14-9-10-16(19(25)26)13-23(14)18(24)15-6-5-11-22(12-15)20(27)21-17-7-3-2-4-8-17/h2-4,7-8,14-16H,5-6,9-13H2,1H3,(H,21,27)(H,25,26).